The number of amides is 1. The number of halogens is 1. The summed E-state index contributed by atoms with van der Waals surface area (Å²) in [6.45, 7) is 4.73. The third-order valence-corrected chi connectivity index (χ3v) is 3.78. The lowest BCUT2D eigenvalue weighted by Gasteiger charge is -2.27. The standard InChI is InChI=1S/C13H20BrN3O/c1-3-13(16,4-2)8-17-11-6-5-9(14)7-10(11)12(15)18/h5-7,17H,3-4,8,16H2,1-2H3,(H2,15,18). The number of rotatable bonds is 6. The molecule has 0 spiro atoms. The molecule has 0 aromatic heterocycles. The summed E-state index contributed by atoms with van der Waals surface area (Å²) in [4.78, 5) is 11.4. The Morgan fingerprint density at radius 1 is 1.39 bits per heavy atom. The van der Waals surface area contributed by atoms with Crippen LogP contribution < -0.4 is 16.8 Å². The quantitative estimate of drug-likeness (QED) is 0.754. The van der Waals surface area contributed by atoms with Gasteiger partial charge in [-0.15, -0.1) is 0 Å². The summed E-state index contributed by atoms with van der Waals surface area (Å²) in [5.41, 5.74) is 12.5. The molecule has 0 saturated heterocycles. The second kappa shape index (κ2) is 6.20. The molecule has 18 heavy (non-hydrogen) atoms. The zero-order valence-electron chi connectivity index (χ0n) is 10.8. The molecule has 0 bridgehead atoms. The van der Waals surface area contributed by atoms with Gasteiger partial charge in [0.1, 0.15) is 0 Å². The Hall–Kier alpha value is -1.07. The van der Waals surface area contributed by atoms with Crippen molar-refractivity contribution < 1.29 is 4.79 Å². The van der Waals surface area contributed by atoms with E-state index in [1.165, 1.54) is 0 Å². The van der Waals surface area contributed by atoms with E-state index < -0.39 is 5.91 Å². The highest BCUT2D eigenvalue weighted by Gasteiger charge is 2.20. The average molecular weight is 314 g/mol. The molecule has 0 saturated carbocycles. The molecule has 0 aliphatic rings. The molecule has 0 atom stereocenters. The monoisotopic (exact) mass is 313 g/mol. The van der Waals surface area contributed by atoms with E-state index in [0.29, 0.717) is 12.1 Å². The van der Waals surface area contributed by atoms with Gasteiger partial charge in [-0.2, -0.15) is 0 Å². The Kier molecular flexibility index (Phi) is 5.16. The third-order valence-electron chi connectivity index (χ3n) is 3.29. The van der Waals surface area contributed by atoms with E-state index in [-0.39, 0.29) is 5.54 Å². The Balaban J connectivity index is 2.88. The summed E-state index contributed by atoms with van der Waals surface area (Å²) in [5.74, 6) is -0.450. The molecule has 5 heteroatoms. The van der Waals surface area contributed by atoms with Crippen molar-refractivity contribution >= 4 is 27.5 Å². The summed E-state index contributed by atoms with van der Waals surface area (Å²) in [6.07, 6.45) is 1.75. The lowest BCUT2D eigenvalue weighted by Crippen LogP contribution is -2.45. The molecule has 4 nitrogen and oxygen atoms in total. The van der Waals surface area contributed by atoms with Gasteiger partial charge in [0.25, 0.3) is 5.91 Å². The highest BCUT2D eigenvalue weighted by Crippen LogP contribution is 2.22. The maximum absolute atomic E-state index is 11.4. The van der Waals surface area contributed by atoms with Crippen LogP contribution >= 0.6 is 15.9 Å². The van der Waals surface area contributed by atoms with Crippen LogP contribution in [0.25, 0.3) is 0 Å². The van der Waals surface area contributed by atoms with Crippen molar-refractivity contribution in [3.8, 4) is 0 Å². The Labute approximate surface area is 116 Å². The number of primary amides is 1. The zero-order chi connectivity index (χ0) is 13.8. The lowest BCUT2D eigenvalue weighted by atomic mass is 9.94. The number of carbonyl (C=O) groups excluding carboxylic acids is 1. The van der Waals surface area contributed by atoms with Gasteiger partial charge in [-0.3, -0.25) is 4.79 Å². The van der Waals surface area contributed by atoms with E-state index >= 15 is 0 Å². The van der Waals surface area contributed by atoms with Crippen LogP contribution in [0, 0.1) is 0 Å². The van der Waals surface area contributed by atoms with Gasteiger partial charge in [-0.05, 0) is 31.0 Å². The number of nitrogens with two attached hydrogens (primary N) is 2. The fraction of sp³-hybridized carbons (Fsp3) is 0.462. The number of hydrogen-bond donors (Lipinski definition) is 3. The largest absolute Gasteiger partial charge is 0.383 e. The van der Waals surface area contributed by atoms with Crippen LogP contribution in [0.5, 0.6) is 0 Å². The van der Waals surface area contributed by atoms with Gasteiger partial charge in [0.2, 0.25) is 0 Å². The van der Waals surface area contributed by atoms with Crippen molar-refractivity contribution in [2.75, 3.05) is 11.9 Å². The first kappa shape index (κ1) is 15.0. The predicted octanol–water partition coefficient (Wildman–Crippen LogP) is 2.48. The Morgan fingerprint density at radius 2 is 2.00 bits per heavy atom. The third kappa shape index (κ3) is 3.71. The van der Waals surface area contributed by atoms with Gasteiger partial charge in [-0.25, -0.2) is 0 Å². The summed E-state index contributed by atoms with van der Waals surface area (Å²) < 4.78 is 0.826. The molecule has 1 rings (SSSR count). The van der Waals surface area contributed by atoms with Crippen molar-refractivity contribution in [3.05, 3.63) is 28.2 Å². The first-order valence-corrected chi connectivity index (χ1v) is 6.83. The van der Waals surface area contributed by atoms with Crippen molar-refractivity contribution in [2.45, 2.75) is 32.2 Å². The first-order valence-electron chi connectivity index (χ1n) is 6.04. The maximum atomic E-state index is 11.4. The molecule has 0 fully saturated rings. The molecule has 0 aliphatic heterocycles. The van der Waals surface area contributed by atoms with E-state index in [2.05, 4.69) is 35.1 Å². The zero-order valence-corrected chi connectivity index (χ0v) is 12.4. The summed E-state index contributed by atoms with van der Waals surface area (Å²) in [7, 11) is 0. The first-order chi connectivity index (χ1) is 8.41. The minimum atomic E-state index is -0.450. The van der Waals surface area contributed by atoms with Gasteiger partial charge in [-0.1, -0.05) is 29.8 Å². The summed E-state index contributed by atoms with van der Waals surface area (Å²) >= 11 is 3.32. The molecule has 1 aromatic rings. The van der Waals surface area contributed by atoms with E-state index in [0.717, 1.165) is 23.0 Å². The highest BCUT2D eigenvalue weighted by molar-refractivity contribution is 9.10. The van der Waals surface area contributed by atoms with Crippen LogP contribution in [0.15, 0.2) is 22.7 Å². The van der Waals surface area contributed by atoms with Crippen molar-refractivity contribution in [2.24, 2.45) is 11.5 Å². The van der Waals surface area contributed by atoms with Gasteiger partial charge < -0.3 is 16.8 Å². The molecule has 0 aliphatic carbocycles. The molecule has 1 aromatic carbocycles. The normalized spacial score (nSPS) is 11.3. The lowest BCUT2D eigenvalue weighted by molar-refractivity contribution is 0.100. The molecule has 100 valence electrons. The fourth-order valence-electron chi connectivity index (χ4n) is 1.65. The van der Waals surface area contributed by atoms with Crippen molar-refractivity contribution in [3.63, 3.8) is 0 Å². The number of carbonyl (C=O) groups is 1. The maximum Gasteiger partial charge on any atom is 0.250 e. The minimum absolute atomic E-state index is 0.262. The molecule has 5 N–H and O–H groups in total. The molecule has 0 unspecified atom stereocenters. The second-order valence-corrected chi connectivity index (χ2v) is 5.39. The number of anilines is 1. The molecule has 0 heterocycles. The van der Waals surface area contributed by atoms with Gasteiger partial charge in [0.15, 0.2) is 0 Å². The fourth-order valence-corrected chi connectivity index (χ4v) is 2.01. The highest BCUT2D eigenvalue weighted by atomic mass is 79.9. The van der Waals surface area contributed by atoms with E-state index in [1.807, 2.05) is 12.1 Å². The van der Waals surface area contributed by atoms with Crippen LogP contribution in [0.3, 0.4) is 0 Å². The summed E-state index contributed by atoms with van der Waals surface area (Å²) in [6, 6.07) is 5.40. The van der Waals surface area contributed by atoms with Crippen LogP contribution in [0.2, 0.25) is 0 Å². The Bertz CT molecular complexity index is 430. The predicted molar refractivity (Wildman–Crippen MR) is 78.7 cm³/mol. The molecule has 0 radical (unpaired) electrons. The number of benzene rings is 1. The second-order valence-electron chi connectivity index (χ2n) is 4.48. The molecule has 1 amide bonds. The number of hydrogen-bond acceptors (Lipinski definition) is 3. The molecular weight excluding hydrogens is 294 g/mol. The van der Waals surface area contributed by atoms with E-state index in [4.69, 9.17) is 11.5 Å². The average Bonchev–Trinajstić information content (AvgIpc) is 2.36. The van der Waals surface area contributed by atoms with Crippen molar-refractivity contribution in [1.29, 1.82) is 0 Å². The molecular formula is C13H20BrN3O. The van der Waals surface area contributed by atoms with Gasteiger partial charge in [0.05, 0.1) is 5.56 Å². The Morgan fingerprint density at radius 3 is 2.50 bits per heavy atom. The van der Waals surface area contributed by atoms with Gasteiger partial charge in [0, 0.05) is 22.2 Å². The topological polar surface area (TPSA) is 81.1 Å². The minimum Gasteiger partial charge on any atom is -0.383 e. The van der Waals surface area contributed by atoms with Crippen LogP contribution in [-0.2, 0) is 0 Å². The smallest absolute Gasteiger partial charge is 0.250 e. The van der Waals surface area contributed by atoms with Crippen molar-refractivity contribution in [1.82, 2.24) is 0 Å². The summed E-state index contributed by atoms with van der Waals surface area (Å²) in [5, 5.41) is 3.22. The van der Waals surface area contributed by atoms with Gasteiger partial charge >= 0.3 is 0 Å². The van der Waals surface area contributed by atoms with E-state index in [1.54, 1.807) is 6.07 Å². The van der Waals surface area contributed by atoms with Crippen LogP contribution in [-0.4, -0.2) is 18.0 Å². The van der Waals surface area contributed by atoms with Crippen LogP contribution in [0.4, 0.5) is 5.69 Å². The number of nitrogens with one attached hydrogen (secondary N) is 1. The van der Waals surface area contributed by atoms with E-state index in [9.17, 15) is 4.79 Å². The SMILES string of the molecule is CCC(N)(CC)CNc1ccc(Br)cc1C(N)=O. The van der Waals surface area contributed by atoms with Crippen LogP contribution in [0.1, 0.15) is 37.0 Å².